The summed E-state index contributed by atoms with van der Waals surface area (Å²) in [4.78, 5) is 30.5. The first kappa shape index (κ1) is 25.1. The quantitative estimate of drug-likeness (QED) is 0.229. The summed E-state index contributed by atoms with van der Waals surface area (Å²) < 4.78 is 41.0. The summed E-state index contributed by atoms with van der Waals surface area (Å²) in [6.45, 7) is 3.51. The molecule has 0 N–H and O–H groups in total. The Kier molecular flexibility index (Phi) is 6.92. The fraction of sp³-hybridized carbons (Fsp3) is 0.138. The van der Waals surface area contributed by atoms with E-state index in [-0.39, 0.29) is 30.3 Å². The molecule has 1 aromatic heterocycles. The van der Waals surface area contributed by atoms with Crippen LogP contribution in [-0.4, -0.2) is 42.7 Å². The molecular formula is C29H23BF2N2O4. The molecule has 3 aromatic carbocycles. The molecule has 0 aliphatic carbocycles. The predicted molar refractivity (Wildman–Crippen MR) is 143 cm³/mol. The van der Waals surface area contributed by atoms with E-state index in [9.17, 15) is 18.2 Å². The third kappa shape index (κ3) is 4.20. The van der Waals surface area contributed by atoms with Crippen LogP contribution < -0.4 is 0 Å². The van der Waals surface area contributed by atoms with Gasteiger partial charge < -0.3 is 14.0 Å². The smallest absolute Gasteiger partial charge is 0.461 e. The summed E-state index contributed by atoms with van der Waals surface area (Å²) in [5, 5.41) is 0.760. The van der Waals surface area contributed by atoms with Crippen LogP contribution in [0.5, 0.6) is 0 Å². The van der Waals surface area contributed by atoms with Crippen molar-refractivity contribution in [1.29, 1.82) is 0 Å². The number of carbonyl (C=O) groups excluding carboxylic acids is 2. The number of hydrogen-bond donors (Lipinski definition) is 0. The highest BCUT2D eigenvalue weighted by molar-refractivity contribution is 6.47. The topological polar surface area (TPSA) is 69.9 Å². The summed E-state index contributed by atoms with van der Waals surface area (Å²) in [5.74, 6) is -1.46. The molecule has 190 valence electrons. The molecule has 1 aliphatic heterocycles. The standard InChI is InChI=1S/C29H23BF2N2O4/c1-3-37-28(35)25-20-15-9-8-14-19(20)24(33-25)23(18-12-6-5-7-13-18)26-21-16-10-11-17-22(21)27(29(36)38-4-2)34(26)30(31)32/h5-17H,3-4H2,1-2H3/b24-23-. The van der Waals surface area contributed by atoms with Crippen LogP contribution in [0.1, 0.15) is 46.7 Å². The van der Waals surface area contributed by atoms with Gasteiger partial charge in [-0.25, -0.2) is 14.6 Å². The summed E-state index contributed by atoms with van der Waals surface area (Å²) >= 11 is 0. The van der Waals surface area contributed by atoms with Crippen molar-refractivity contribution >= 4 is 47.1 Å². The van der Waals surface area contributed by atoms with Gasteiger partial charge in [0.25, 0.3) is 0 Å². The van der Waals surface area contributed by atoms with E-state index in [4.69, 9.17) is 9.47 Å². The van der Waals surface area contributed by atoms with Crippen molar-refractivity contribution in [3.63, 3.8) is 0 Å². The van der Waals surface area contributed by atoms with Crippen LogP contribution in [0.4, 0.5) is 8.63 Å². The monoisotopic (exact) mass is 512 g/mol. The Morgan fingerprint density at radius 3 is 1.95 bits per heavy atom. The number of rotatable bonds is 7. The van der Waals surface area contributed by atoms with Gasteiger partial charge in [-0.05, 0) is 19.4 Å². The van der Waals surface area contributed by atoms with Gasteiger partial charge in [-0.3, -0.25) is 8.63 Å². The van der Waals surface area contributed by atoms with E-state index in [1.165, 1.54) is 0 Å². The van der Waals surface area contributed by atoms with E-state index in [0.717, 1.165) is 0 Å². The fourth-order valence-corrected chi connectivity index (χ4v) is 4.79. The maximum atomic E-state index is 14.9. The Labute approximate surface area is 218 Å². The second-order valence-electron chi connectivity index (χ2n) is 8.43. The predicted octanol–water partition coefficient (Wildman–Crippen LogP) is 5.87. The zero-order valence-electron chi connectivity index (χ0n) is 20.8. The van der Waals surface area contributed by atoms with Crippen LogP contribution in [0.25, 0.3) is 22.0 Å². The van der Waals surface area contributed by atoms with Crippen molar-refractivity contribution in [2.24, 2.45) is 4.99 Å². The molecule has 0 bridgehead atoms. The number of carbonyl (C=O) groups is 2. The van der Waals surface area contributed by atoms with E-state index in [1.54, 1.807) is 86.6 Å². The molecule has 38 heavy (non-hydrogen) atoms. The van der Waals surface area contributed by atoms with E-state index in [0.29, 0.717) is 43.2 Å². The van der Waals surface area contributed by atoms with Crippen LogP contribution in [0.3, 0.4) is 0 Å². The number of nitrogens with zero attached hydrogens (tertiary/aromatic N) is 2. The number of ether oxygens (including phenoxy) is 2. The lowest BCUT2D eigenvalue weighted by Crippen LogP contribution is -2.23. The van der Waals surface area contributed by atoms with Crippen molar-refractivity contribution in [2.45, 2.75) is 13.8 Å². The van der Waals surface area contributed by atoms with E-state index in [2.05, 4.69) is 4.99 Å². The molecule has 4 aromatic rings. The summed E-state index contributed by atoms with van der Waals surface area (Å²) in [5.41, 5.74) is 2.35. The second kappa shape index (κ2) is 10.5. The molecule has 0 spiro atoms. The lowest BCUT2D eigenvalue weighted by atomic mass is 9.93. The Balaban J connectivity index is 1.95. The van der Waals surface area contributed by atoms with Gasteiger partial charge in [-0.15, -0.1) is 0 Å². The van der Waals surface area contributed by atoms with Crippen LogP contribution in [0, 0.1) is 0 Å². The third-order valence-corrected chi connectivity index (χ3v) is 6.25. The highest BCUT2D eigenvalue weighted by Crippen LogP contribution is 2.43. The molecule has 5 rings (SSSR count). The fourth-order valence-electron chi connectivity index (χ4n) is 4.79. The maximum absolute atomic E-state index is 14.9. The first-order chi connectivity index (χ1) is 18.5. The zero-order chi connectivity index (χ0) is 26.8. The van der Waals surface area contributed by atoms with Gasteiger partial charge in [0.2, 0.25) is 0 Å². The average molecular weight is 512 g/mol. The van der Waals surface area contributed by atoms with E-state index >= 15 is 0 Å². The lowest BCUT2D eigenvalue weighted by Gasteiger charge is -2.16. The van der Waals surface area contributed by atoms with Gasteiger partial charge in [0, 0.05) is 27.5 Å². The molecule has 2 heterocycles. The molecule has 6 nitrogen and oxygen atoms in total. The minimum atomic E-state index is -3.07. The minimum Gasteiger partial charge on any atom is -0.461 e. The molecule has 0 atom stereocenters. The van der Waals surface area contributed by atoms with Gasteiger partial charge in [0.05, 0.1) is 24.6 Å². The number of aliphatic imine (C=N–C) groups is 1. The Hall–Kier alpha value is -4.53. The molecule has 0 fully saturated rings. The van der Waals surface area contributed by atoms with E-state index < -0.39 is 19.3 Å². The van der Waals surface area contributed by atoms with Crippen molar-refractivity contribution in [2.75, 3.05) is 13.2 Å². The number of hydrogen-bond acceptors (Lipinski definition) is 5. The van der Waals surface area contributed by atoms with Gasteiger partial charge in [-0.1, -0.05) is 78.9 Å². The number of esters is 2. The molecule has 0 amide bonds. The first-order valence-electron chi connectivity index (χ1n) is 12.2. The van der Waals surface area contributed by atoms with Crippen LogP contribution in [0.2, 0.25) is 0 Å². The van der Waals surface area contributed by atoms with Crippen LogP contribution in [0.15, 0.2) is 83.9 Å². The second-order valence-corrected chi connectivity index (χ2v) is 8.43. The minimum absolute atomic E-state index is 0.0319. The largest absolute Gasteiger partial charge is 0.678 e. The van der Waals surface area contributed by atoms with E-state index in [1.807, 2.05) is 6.07 Å². The Bertz CT molecular complexity index is 1610. The van der Waals surface area contributed by atoms with Crippen LogP contribution in [-0.2, 0) is 14.3 Å². The zero-order valence-corrected chi connectivity index (χ0v) is 20.8. The van der Waals surface area contributed by atoms with Gasteiger partial charge in [-0.2, -0.15) is 0 Å². The third-order valence-electron chi connectivity index (χ3n) is 6.25. The Morgan fingerprint density at radius 1 is 0.763 bits per heavy atom. The highest BCUT2D eigenvalue weighted by atomic mass is 19.2. The molecule has 9 heteroatoms. The normalized spacial score (nSPS) is 13.6. The molecule has 0 saturated carbocycles. The first-order valence-corrected chi connectivity index (χ1v) is 12.2. The average Bonchev–Trinajstić information content (AvgIpc) is 3.47. The van der Waals surface area contributed by atoms with Gasteiger partial charge >= 0.3 is 19.3 Å². The number of benzene rings is 3. The molecule has 1 aliphatic rings. The van der Waals surface area contributed by atoms with Crippen molar-refractivity contribution < 1.29 is 27.7 Å². The molecular weight excluding hydrogens is 489 g/mol. The summed E-state index contributed by atoms with van der Waals surface area (Å²) in [7, 11) is -3.07. The number of halogens is 2. The molecule has 0 unspecified atom stereocenters. The summed E-state index contributed by atoms with van der Waals surface area (Å²) in [6, 6.07) is 22.8. The Morgan fingerprint density at radius 2 is 1.32 bits per heavy atom. The van der Waals surface area contributed by atoms with Crippen LogP contribution >= 0.6 is 0 Å². The van der Waals surface area contributed by atoms with Crippen molar-refractivity contribution in [3.8, 4) is 0 Å². The highest BCUT2D eigenvalue weighted by Gasteiger charge is 2.36. The molecule has 0 radical (unpaired) electrons. The number of fused-ring (bicyclic) bond motifs is 2. The van der Waals surface area contributed by atoms with Crippen molar-refractivity contribution in [3.05, 3.63) is 107 Å². The lowest BCUT2D eigenvalue weighted by molar-refractivity contribution is -0.134. The number of aromatic nitrogens is 1. The molecule has 0 saturated heterocycles. The summed E-state index contributed by atoms with van der Waals surface area (Å²) in [6.07, 6.45) is 0. The van der Waals surface area contributed by atoms with Crippen molar-refractivity contribution in [1.82, 2.24) is 4.48 Å². The van der Waals surface area contributed by atoms with Gasteiger partial charge in [0.1, 0.15) is 5.69 Å². The SMILES string of the molecule is CCOC(=O)C1=N/C(=C(/c2ccccc2)c2c3ccccc3c(C(=O)OCC)n2B(F)F)c2ccccc21. The van der Waals surface area contributed by atoms with Gasteiger partial charge in [0.15, 0.2) is 5.71 Å². The maximum Gasteiger partial charge on any atom is 0.678 e.